The van der Waals surface area contributed by atoms with Crippen molar-refractivity contribution in [1.82, 2.24) is 9.99 Å². The first-order chi connectivity index (χ1) is 13.9. The van der Waals surface area contributed by atoms with Crippen molar-refractivity contribution in [2.24, 2.45) is 0 Å². The Labute approximate surface area is 174 Å². The number of hydrazine groups is 1. The SMILES string of the molecule is CC(C)(C)OC(=O)N(CCc1ccccc1)N(c1ccncc1)C1CCCCC1. The Morgan fingerprint density at radius 3 is 2.31 bits per heavy atom. The topological polar surface area (TPSA) is 45.7 Å². The lowest BCUT2D eigenvalue weighted by molar-refractivity contribution is 0.0195. The van der Waals surface area contributed by atoms with Crippen molar-refractivity contribution in [3.63, 3.8) is 0 Å². The summed E-state index contributed by atoms with van der Waals surface area (Å²) in [4.78, 5) is 17.5. The molecule has 1 aliphatic rings. The standard InChI is InChI=1S/C24H33N3O2/c1-24(2,3)29-23(28)26(19-16-20-10-6-4-7-11-20)27(21-12-8-5-9-13-21)22-14-17-25-18-15-22/h4,6-7,10-11,14-15,17-18,21H,5,8-9,12-13,16,19H2,1-3H3. The Morgan fingerprint density at radius 1 is 1.03 bits per heavy atom. The number of hydrogen-bond donors (Lipinski definition) is 0. The van der Waals surface area contributed by atoms with E-state index in [1.807, 2.05) is 56.1 Å². The van der Waals surface area contributed by atoms with E-state index < -0.39 is 5.60 Å². The molecule has 1 heterocycles. The molecule has 5 nitrogen and oxygen atoms in total. The van der Waals surface area contributed by atoms with E-state index in [0.29, 0.717) is 6.54 Å². The van der Waals surface area contributed by atoms with E-state index >= 15 is 0 Å². The highest BCUT2D eigenvalue weighted by Crippen LogP contribution is 2.29. The zero-order valence-electron chi connectivity index (χ0n) is 17.9. The van der Waals surface area contributed by atoms with E-state index in [-0.39, 0.29) is 12.1 Å². The molecule has 3 rings (SSSR count). The van der Waals surface area contributed by atoms with Crippen LogP contribution in [0.3, 0.4) is 0 Å². The van der Waals surface area contributed by atoms with Crippen LogP contribution in [0, 0.1) is 0 Å². The van der Waals surface area contributed by atoms with Gasteiger partial charge in [-0.05, 0) is 57.7 Å². The lowest BCUT2D eigenvalue weighted by Crippen LogP contribution is -2.54. The largest absolute Gasteiger partial charge is 0.442 e. The smallest absolute Gasteiger partial charge is 0.429 e. The van der Waals surface area contributed by atoms with Gasteiger partial charge in [0.25, 0.3) is 0 Å². The maximum absolute atomic E-state index is 13.3. The van der Waals surface area contributed by atoms with Crippen molar-refractivity contribution < 1.29 is 9.53 Å². The van der Waals surface area contributed by atoms with E-state index in [1.165, 1.54) is 24.8 Å². The van der Waals surface area contributed by atoms with Gasteiger partial charge in [0.05, 0.1) is 18.3 Å². The van der Waals surface area contributed by atoms with Gasteiger partial charge in [-0.2, -0.15) is 0 Å². The number of ether oxygens (including phenoxy) is 1. The number of nitrogens with zero attached hydrogens (tertiary/aromatic N) is 3. The molecule has 1 amide bonds. The van der Waals surface area contributed by atoms with Crippen LogP contribution in [0.25, 0.3) is 0 Å². The van der Waals surface area contributed by atoms with Gasteiger partial charge in [0.2, 0.25) is 0 Å². The monoisotopic (exact) mass is 395 g/mol. The number of pyridine rings is 1. The Balaban J connectivity index is 1.90. The third-order valence-corrected chi connectivity index (χ3v) is 5.17. The van der Waals surface area contributed by atoms with Crippen molar-refractivity contribution >= 4 is 11.8 Å². The lowest BCUT2D eigenvalue weighted by atomic mass is 9.94. The number of aromatic nitrogens is 1. The van der Waals surface area contributed by atoms with Crippen LogP contribution in [0.1, 0.15) is 58.4 Å². The van der Waals surface area contributed by atoms with Crippen LogP contribution >= 0.6 is 0 Å². The van der Waals surface area contributed by atoms with Gasteiger partial charge in [0.1, 0.15) is 5.60 Å². The van der Waals surface area contributed by atoms with E-state index in [0.717, 1.165) is 24.9 Å². The van der Waals surface area contributed by atoms with Crippen molar-refractivity contribution in [3.05, 3.63) is 60.4 Å². The third kappa shape index (κ3) is 6.21. The van der Waals surface area contributed by atoms with Crippen LogP contribution in [0.2, 0.25) is 0 Å². The quantitative estimate of drug-likeness (QED) is 0.596. The highest BCUT2D eigenvalue weighted by atomic mass is 16.6. The zero-order chi connectivity index (χ0) is 20.7. The van der Waals surface area contributed by atoms with Gasteiger partial charge in [-0.3, -0.25) is 9.99 Å². The van der Waals surface area contributed by atoms with Crippen LogP contribution in [0.15, 0.2) is 54.9 Å². The maximum Gasteiger partial charge on any atom is 0.429 e. The minimum atomic E-state index is -0.543. The minimum Gasteiger partial charge on any atom is -0.442 e. The molecule has 0 bridgehead atoms. The van der Waals surface area contributed by atoms with Crippen LogP contribution in [-0.4, -0.2) is 34.3 Å². The van der Waals surface area contributed by atoms with Crippen LogP contribution in [0.5, 0.6) is 0 Å². The highest BCUT2D eigenvalue weighted by Gasteiger charge is 2.32. The molecule has 0 N–H and O–H groups in total. The molecule has 1 aromatic heterocycles. The van der Waals surface area contributed by atoms with Crippen LogP contribution in [-0.2, 0) is 11.2 Å². The fourth-order valence-corrected chi connectivity index (χ4v) is 3.85. The number of carbonyl (C=O) groups is 1. The molecule has 5 heteroatoms. The average molecular weight is 396 g/mol. The molecule has 1 aromatic carbocycles. The first kappa shape index (κ1) is 21.2. The second kappa shape index (κ2) is 9.77. The van der Waals surface area contributed by atoms with Gasteiger partial charge < -0.3 is 4.74 Å². The van der Waals surface area contributed by atoms with Crippen LogP contribution in [0.4, 0.5) is 10.5 Å². The summed E-state index contributed by atoms with van der Waals surface area (Å²) in [6.07, 6.45) is 9.84. The Kier molecular flexibility index (Phi) is 7.13. The van der Waals surface area contributed by atoms with E-state index in [4.69, 9.17) is 4.74 Å². The Bertz CT molecular complexity index is 753. The van der Waals surface area contributed by atoms with Gasteiger partial charge in [0, 0.05) is 12.4 Å². The molecule has 0 aliphatic heterocycles. The molecule has 0 atom stereocenters. The summed E-state index contributed by atoms with van der Waals surface area (Å²) >= 11 is 0. The lowest BCUT2D eigenvalue weighted by Gasteiger charge is -2.43. The first-order valence-corrected chi connectivity index (χ1v) is 10.7. The van der Waals surface area contributed by atoms with E-state index in [9.17, 15) is 4.79 Å². The van der Waals surface area contributed by atoms with Gasteiger partial charge >= 0.3 is 6.09 Å². The fourth-order valence-electron chi connectivity index (χ4n) is 3.85. The summed E-state index contributed by atoms with van der Waals surface area (Å²) in [5, 5.41) is 3.97. The molecule has 1 saturated carbocycles. The van der Waals surface area contributed by atoms with Crippen molar-refractivity contribution in [3.8, 4) is 0 Å². The molecule has 0 spiro atoms. The van der Waals surface area contributed by atoms with E-state index in [1.54, 1.807) is 12.4 Å². The van der Waals surface area contributed by atoms with Gasteiger partial charge in [-0.15, -0.1) is 0 Å². The van der Waals surface area contributed by atoms with Gasteiger partial charge in [-0.1, -0.05) is 49.6 Å². The summed E-state index contributed by atoms with van der Waals surface area (Å²) in [6, 6.07) is 14.5. The second-order valence-corrected chi connectivity index (χ2v) is 8.68. The number of carbonyl (C=O) groups excluding carboxylic acids is 1. The average Bonchev–Trinajstić information content (AvgIpc) is 2.72. The number of amides is 1. The Morgan fingerprint density at radius 2 is 1.69 bits per heavy atom. The molecular weight excluding hydrogens is 362 g/mol. The van der Waals surface area contributed by atoms with Gasteiger partial charge in [0.15, 0.2) is 0 Å². The van der Waals surface area contributed by atoms with Crippen LogP contribution < -0.4 is 5.01 Å². The molecule has 2 aromatic rings. The molecule has 1 fully saturated rings. The highest BCUT2D eigenvalue weighted by molar-refractivity contribution is 5.71. The summed E-state index contributed by atoms with van der Waals surface area (Å²) in [6.45, 7) is 6.31. The zero-order valence-corrected chi connectivity index (χ0v) is 17.9. The molecule has 156 valence electrons. The maximum atomic E-state index is 13.3. The van der Waals surface area contributed by atoms with Crippen molar-refractivity contribution in [2.75, 3.05) is 11.6 Å². The molecule has 0 unspecified atom stereocenters. The predicted molar refractivity (Wildman–Crippen MR) is 117 cm³/mol. The summed E-state index contributed by atoms with van der Waals surface area (Å²) in [5.74, 6) is 0. The molecule has 1 aliphatic carbocycles. The minimum absolute atomic E-state index is 0.287. The molecule has 29 heavy (non-hydrogen) atoms. The predicted octanol–water partition coefficient (Wildman–Crippen LogP) is 5.62. The van der Waals surface area contributed by atoms with E-state index in [2.05, 4.69) is 22.1 Å². The Hall–Kier alpha value is -2.56. The summed E-state index contributed by atoms with van der Waals surface area (Å²) in [7, 11) is 0. The first-order valence-electron chi connectivity index (χ1n) is 10.7. The number of rotatable bonds is 6. The number of anilines is 1. The molecular formula is C24H33N3O2. The van der Waals surface area contributed by atoms with Crippen molar-refractivity contribution in [2.45, 2.75) is 70.9 Å². The molecule has 0 radical (unpaired) electrons. The van der Waals surface area contributed by atoms with Crippen molar-refractivity contribution in [1.29, 1.82) is 0 Å². The molecule has 0 saturated heterocycles. The normalized spacial score (nSPS) is 15.0. The van der Waals surface area contributed by atoms with Gasteiger partial charge in [-0.25, -0.2) is 9.80 Å². The number of benzene rings is 1. The summed E-state index contributed by atoms with van der Waals surface area (Å²) < 4.78 is 5.81. The fraction of sp³-hybridized carbons (Fsp3) is 0.500. The summed E-state index contributed by atoms with van der Waals surface area (Å²) in [5.41, 5.74) is 1.66. The number of hydrogen-bond acceptors (Lipinski definition) is 4. The second-order valence-electron chi connectivity index (χ2n) is 8.68. The third-order valence-electron chi connectivity index (χ3n) is 5.17.